The highest BCUT2D eigenvalue weighted by Gasteiger charge is 2.31. The van der Waals surface area contributed by atoms with Gasteiger partial charge in [0.1, 0.15) is 17.6 Å². The maximum absolute atomic E-state index is 13.0. The van der Waals surface area contributed by atoms with Crippen LogP contribution in [0.1, 0.15) is 57.8 Å². The molecule has 32 heavy (non-hydrogen) atoms. The molecule has 9 nitrogen and oxygen atoms in total. The second kappa shape index (κ2) is 9.17. The number of fused-ring (bicyclic) bond motifs is 1. The van der Waals surface area contributed by atoms with Crippen molar-refractivity contribution in [2.45, 2.75) is 76.4 Å². The van der Waals surface area contributed by atoms with Crippen molar-refractivity contribution >= 4 is 38.6 Å². The summed E-state index contributed by atoms with van der Waals surface area (Å²) in [5, 5.41) is 6.87. The highest BCUT2D eigenvalue weighted by molar-refractivity contribution is 7.22. The van der Waals surface area contributed by atoms with Crippen molar-refractivity contribution in [3.8, 4) is 0 Å². The van der Waals surface area contributed by atoms with Crippen LogP contribution in [0, 0.1) is 5.92 Å². The fraction of sp³-hybridized carbons (Fsp3) is 0.682. The summed E-state index contributed by atoms with van der Waals surface area (Å²) in [6, 6.07) is 0.570. The molecule has 2 aliphatic carbocycles. The van der Waals surface area contributed by atoms with Crippen LogP contribution in [0.4, 0.5) is 5.13 Å². The smallest absolute Gasteiger partial charge is 0.273 e. The number of carbonyl (C=O) groups is 2. The van der Waals surface area contributed by atoms with Crippen LogP contribution in [0.15, 0.2) is 11.1 Å². The Kier molecular flexibility index (Phi) is 6.12. The van der Waals surface area contributed by atoms with Crippen LogP contribution in [0.2, 0.25) is 0 Å². The number of anilines is 1. The van der Waals surface area contributed by atoms with Gasteiger partial charge in [-0.1, -0.05) is 30.6 Å². The highest BCUT2D eigenvalue weighted by atomic mass is 32.1. The Morgan fingerprint density at radius 2 is 1.81 bits per heavy atom. The van der Waals surface area contributed by atoms with E-state index in [0.717, 1.165) is 63.0 Å². The van der Waals surface area contributed by atoms with E-state index < -0.39 is 0 Å². The molecular weight excluding hydrogens is 428 g/mol. The first-order valence-corrected chi connectivity index (χ1v) is 12.6. The molecule has 3 heterocycles. The maximum atomic E-state index is 13.0. The van der Waals surface area contributed by atoms with Gasteiger partial charge in [-0.3, -0.25) is 19.0 Å². The molecule has 1 saturated heterocycles. The number of rotatable bonds is 6. The van der Waals surface area contributed by atoms with Gasteiger partial charge in [0.2, 0.25) is 11.8 Å². The fourth-order valence-corrected chi connectivity index (χ4v) is 5.67. The van der Waals surface area contributed by atoms with E-state index >= 15 is 0 Å². The number of thiazole rings is 1. The molecule has 3 fully saturated rings. The molecule has 0 radical (unpaired) electrons. The SMILES string of the molecule is O=C(Cn1cnc2nc(N3CCCC(C(=O)NC4CC4)C3)sc2c1=O)NC1CCCCC1. The Balaban J connectivity index is 1.27. The van der Waals surface area contributed by atoms with Gasteiger partial charge in [0.15, 0.2) is 10.8 Å². The zero-order valence-corrected chi connectivity index (χ0v) is 19.0. The Labute approximate surface area is 190 Å². The predicted octanol–water partition coefficient (Wildman–Crippen LogP) is 1.80. The summed E-state index contributed by atoms with van der Waals surface area (Å²) in [5.74, 6) is -0.0716. The van der Waals surface area contributed by atoms with Gasteiger partial charge in [0.25, 0.3) is 5.56 Å². The summed E-state index contributed by atoms with van der Waals surface area (Å²) in [7, 11) is 0. The van der Waals surface area contributed by atoms with E-state index in [2.05, 4.69) is 25.5 Å². The Morgan fingerprint density at radius 3 is 2.59 bits per heavy atom. The molecule has 1 atom stereocenters. The molecule has 2 saturated carbocycles. The molecule has 10 heteroatoms. The van der Waals surface area contributed by atoms with Crippen molar-refractivity contribution in [2.24, 2.45) is 5.92 Å². The third-order valence-electron chi connectivity index (χ3n) is 6.64. The lowest BCUT2D eigenvalue weighted by Crippen LogP contribution is -2.43. The molecule has 0 aromatic carbocycles. The molecule has 2 aromatic rings. The third-order valence-corrected chi connectivity index (χ3v) is 7.74. The van der Waals surface area contributed by atoms with Gasteiger partial charge in [-0.2, -0.15) is 4.98 Å². The van der Waals surface area contributed by atoms with Crippen LogP contribution < -0.4 is 21.1 Å². The minimum atomic E-state index is -0.238. The Morgan fingerprint density at radius 1 is 1.03 bits per heavy atom. The van der Waals surface area contributed by atoms with Gasteiger partial charge in [-0.25, -0.2) is 4.98 Å². The van der Waals surface area contributed by atoms with Gasteiger partial charge in [0, 0.05) is 25.2 Å². The molecule has 2 N–H and O–H groups in total. The molecule has 3 aliphatic rings. The number of nitrogens with one attached hydrogen (secondary N) is 2. The minimum absolute atomic E-state index is 0.0291. The average molecular weight is 459 g/mol. The number of nitrogens with zero attached hydrogens (tertiary/aromatic N) is 4. The standard InChI is InChI=1S/C22H30N6O3S/c29-17(24-15-6-2-1-3-7-15)12-28-13-23-19-18(21(28)31)32-22(26-19)27-10-4-5-14(11-27)20(30)25-16-8-9-16/h13-16H,1-12H2,(H,24,29)(H,25,30). The molecule has 0 spiro atoms. The van der Waals surface area contributed by atoms with Crippen LogP contribution in [0.5, 0.6) is 0 Å². The maximum Gasteiger partial charge on any atom is 0.273 e. The molecular formula is C22H30N6O3S. The van der Waals surface area contributed by atoms with Crippen LogP contribution in [0.25, 0.3) is 10.3 Å². The first-order valence-electron chi connectivity index (χ1n) is 11.8. The average Bonchev–Trinajstić information content (AvgIpc) is 3.51. The van der Waals surface area contributed by atoms with Crippen LogP contribution >= 0.6 is 11.3 Å². The van der Waals surface area contributed by atoms with E-state index in [1.54, 1.807) is 0 Å². The lowest BCUT2D eigenvalue weighted by atomic mass is 9.95. The number of piperidine rings is 1. The summed E-state index contributed by atoms with van der Waals surface area (Å²) in [4.78, 5) is 48.9. The van der Waals surface area contributed by atoms with Gasteiger partial charge in [-0.05, 0) is 38.5 Å². The number of aromatic nitrogens is 3. The molecule has 1 unspecified atom stereocenters. The summed E-state index contributed by atoms with van der Waals surface area (Å²) in [6.07, 6.45) is 10.9. The van der Waals surface area contributed by atoms with Gasteiger partial charge >= 0.3 is 0 Å². The number of carbonyl (C=O) groups excluding carboxylic acids is 2. The number of hydrogen-bond donors (Lipinski definition) is 2. The van der Waals surface area contributed by atoms with E-state index in [9.17, 15) is 14.4 Å². The third kappa shape index (κ3) is 4.79. The predicted molar refractivity (Wildman–Crippen MR) is 123 cm³/mol. The summed E-state index contributed by atoms with van der Waals surface area (Å²) in [6.45, 7) is 1.39. The van der Waals surface area contributed by atoms with Crippen molar-refractivity contribution in [3.63, 3.8) is 0 Å². The van der Waals surface area contributed by atoms with Crippen molar-refractivity contribution in [2.75, 3.05) is 18.0 Å². The van der Waals surface area contributed by atoms with Gasteiger partial charge in [-0.15, -0.1) is 0 Å². The van der Waals surface area contributed by atoms with Crippen molar-refractivity contribution in [1.29, 1.82) is 0 Å². The van der Waals surface area contributed by atoms with Gasteiger partial charge in [0.05, 0.1) is 5.92 Å². The van der Waals surface area contributed by atoms with Crippen molar-refractivity contribution in [1.82, 2.24) is 25.2 Å². The second-order valence-corrected chi connectivity index (χ2v) is 10.3. The first-order chi connectivity index (χ1) is 15.6. The molecule has 2 aromatic heterocycles. The summed E-state index contributed by atoms with van der Waals surface area (Å²) < 4.78 is 1.82. The number of amides is 2. The monoisotopic (exact) mass is 458 g/mol. The first kappa shape index (κ1) is 21.4. The molecule has 2 amide bonds. The van der Waals surface area contributed by atoms with Gasteiger partial charge < -0.3 is 15.5 Å². The summed E-state index contributed by atoms with van der Waals surface area (Å²) >= 11 is 1.30. The lowest BCUT2D eigenvalue weighted by molar-refractivity contribution is -0.125. The zero-order chi connectivity index (χ0) is 22.1. The zero-order valence-electron chi connectivity index (χ0n) is 18.2. The van der Waals surface area contributed by atoms with E-state index in [1.807, 2.05) is 0 Å². The number of hydrogen-bond acceptors (Lipinski definition) is 7. The van der Waals surface area contributed by atoms with Crippen LogP contribution in [0.3, 0.4) is 0 Å². The van der Waals surface area contributed by atoms with E-state index in [4.69, 9.17) is 0 Å². The molecule has 172 valence electrons. The second-order valence-electron chi connectivity index (χ2n) is 9.30. The largest absolute Gasteiger partial charge is 0.353 e. The quantitative estimate of drug-likeness (QED) is 0.683. The molecule has 1 aliphatic heterocycles. The Bertz CT molecular complexity index is 1060. The van der Waals surface area contributed by atoms with Crippen LogP contribution in [-0.4, -0.2) is 51.5 Å². The minimum Gasteiger partial charge on any atom is -0.353 e. The van der Waals surface area contributed by atoms with E-state index in [0.29, 0.717) is 22.9 Å². The van der Waals surface area contributed by atoms with E-state index in [-0.39, 0.29) is 35.9 Å². The fourth-order valence-electron chi connectivity index (χ4n) is 4.67. The van der Waals surface area contributed by atoms with Crippen LogP contribution in [-0.2, 0) is 16.1 Å². The highest BCUT2D eigenvalue weighted by Crippen LogP contribution is 2.30. The molecule has 5 rings (SSSR count). The van der Waals surface area contributed by atoms with Crippen molar-refractivity contribution < 1.29 is 9.59 Å². The topological polar surface area (TPSA) is 109 Å². The van der Waals surface area contributed by atoms with Crippen molar-refractivity contribution in [3.05, 3.63) is 16.7 Å². The normalized spacial score (nSPS) is 22.1. The lowest BCUT2D eigenvalue weighted by Gasteiger charge is -2.31. The van der Waals surface area contributed by atoms with E-state index in [1.165, 1.54) is 28.7 Å². The molecule has 0 bridgehead atoms. The summed E-state index contributed by atoms with van der Waals surface area (Å²) in [5.41, 5.74) is 0.168. The Hall–Kier alpha value is -2.49.